The monoisotopic (exact) mass is 537 g/mol. The normalized spacial score (nSPS) is 18.3. The van der Waals surface area contributed by atoms with Crippen molar-refractivity contribution in [1.82, 2.24) is 10.2 Å². The van der Waals surface area contributed by atoms with Gasteiger partial charge < -0.3 is 25.1 Å². The number of hydrogen-bond donors (Lipinski definition) is 3. The minimum Gasteiger partial charge on any atom is -0.505 e. The molecule has 1 saturated carbocycles. The molecule has 1 aliphatic heterocycles. The van der Waals surface area contributed by atoms with Crippen LogP contribution in [0.3, 0.4) is 0 Å². The zero-order valence-electron chi connectivity index (χ0n) is 20.3. The number of rotatable bonds is 5. The number of anilines is 1. The number of carbonyl (C=O) groups excluding carboxylic acids is 1. The van der Waals surface area contributed by atoms with Crippen LogP contribution >= 0.6 is 0 Å². The second-order valence-electron chi connectivity index (χ2n) is 8.92. The molecule has 0 radical (unpaired) electrons. The van der Waals surface area contributed by atoms with Gasteiger partial charge in [0.1, 0.15) is 17.6 Å². The summed E-state index contributed by atoms with van der Waals surface area (Å²) in [7, 11) is 2.55. The number of furan rings is 1. The molecule has 2 unspecified atom stereocenters. The lowest BCUT2D eigenvalue weighted by Crippen LogP contribution is -2.36. The van der Waals surface area contributed by atoms with Gasteiger partial charge in [-0.25, -0.2) is 4.21 Å². The molecule has 0 spiro atoms. The number of phenols is 1. The van der Waals surface area contributed by atoms with Gasteiger partial charge >= 0.3 is 6.18 Å². The lowest BCUT2D eigenvalue weighted by atomic mass is 10.0. The van der Waals surface area contributed by atoms with Crippen LogP contribution in [0.15, 0.2) is 49.1 Å². The summed E-state index contributed by atoms with van der Waals surface area (Å²) in [4.78, 5) is 13.4. The average Bonchev–Trinajstić information content (AvgIpc) is 3.55. The number of carbonyl (C=O) groups is 1. The molecular weight excluding hydrogens is 511 g/mol. The van der Waals surface area contributed by atoms with E-state index in [1.54, 1.807) is 13.0 Å². The number of benzene rings is 1. The Bertz CT molecular complexity index is 1320. The second kappa shape index (κ2) is 10.4. The Labute approximate surface area is 213 Å². The SMILES string of the molecule is Cc1ccc(C(C=C2CCCC2)NC2=NS(=O)N=C2Nc2ccc(C(F)(F)F)c(C(=O)N(C)C)c2O)o1. The minimum atomic E-state index is -4.88. The van der Waals surface area contributed by atoms with Crippen molar-refractivity contribution >= 4 is 34.4 Å². The van der Waals surface area contributed by atoms with E-state index in [-0.39, 0.29) is 17.4 Å². The Morgan fingerprint density at radius 2 is 1.84 bits per heavy atom. The fraction of sp³-hybridized carbons (Fsp3) is 0.375. The van der Waals surface area contributed by atoms with E-state index in [1.165, 1.54) is 19.7 Å². The fourth-order valence-corrected chi connectivity index (χ4v) is 4.75. The molecule has 3 N–H and O–H groups in total. The summed E-state index contributed by atoms with van der Waals surface area (Å²) in [5.74, 6) is -0.675. The van der Waals surface area contributed by atoms with Gasteiger partial charge in [0, 0.05) is 14.1 Å². The highest BCUT2D eigenvalue weighted by Crippen LogP contribution is 2.40. The molecule has 37 heavy (non-hydrogen) atoms. The molecule has 198 valence electrons. The van der Waals surface area contributed by atoms with E-state index in [4.69, 9.17) is 4.42 Å². The molecule has 2 atom stereocenters. The van der Waals surface area contributed by atoms with E-state index in [1.807, 2.05) is 12.1 Å². The van der Waals surface area contributed by atoms with Crippen molar-refractivity contribution < 1.29 is 31.7 Å². The van der Waals surface area contributed by atoms with Gasteiger partial charge in [-0.05, 0) is 56.9 Å². The summed E-state index contributed by atoms with van der Waals surface area (Å²) < 4.78 is 66.6. The minimum absolute atomic E-state index is 0.0621. The first-order valence-electron chi connectivity index (χ1n) is 11.5. The van der Waals surface area contributed by atoms with Gasteiger partial charge in [-0.15, -0.1) is 8.80 Å². The van der Waals surface area contributed by atoms with Crippen molar-refractivity contribution in [2.24, 2.45) is 8.80 Å². The predicted molar refractivity (Wildman–Crippen MR) is 134 cm³/mol. The summed E-state index contributed by atoms with van der Waals surface area (Å²) in [6.07, 6.45) is 1.18. The molecule has 0 bridgehead atoms. The molecular formula is C24H26F3N5O4S. The van der Waals surface area contributed by atoms with Crippen molar-refractivity contribution in [1.29, 1.82) is 0 Å². The third kappa shape index (κ3) is 5.87. The highest BCUT2D eigenvalue weighted by atomic mass is 32.2. The van der Waals surface area contributed by atoms with Crippen molar-refractivity contribution in [2.75, 3.05) is 19.4 Å². The molecule has 1 aromatic carbocycles. The summed E-state index contributed by atoms with van der Waals surface area (Å²) in [5, 5.41) is 16.5. The van der Waals surface area contributed by atoms with Crippen LogP contribution in [0, 0.1) is 6.92 Å². The van der Waals surface area contributed by atoms with E-state index in [0.29, 0.717) is 17.6 Å². The van der Waals surface area contributed by atoms with E-state index < -0.39 is 46.2 Å². The van der Waals surface area contributed by atoms with Gasteiger partial charge in [-0.3, -0.25) is 4.79 Å². The van der Waals surface area contributed by atoms with E-state index in [9.17, 15) is 27.3 Å². The molecule has 0 saturated heterocycles. The first-order valence-corrected chi connectivity index (χ1v) is 12.5. The predicted octanol–water partition coefficient (Wildman–Crippen LogP) is 4.65. The number of amides is 1. The van der Waals surface area contributed by atoms with Crippen LogP contribution in [0.25, 0.3) is 0 Å². The van der Waals surface area contributed by atoms with Gasteiger partial charge in [0.25, 0.3) is 17.1 Å². The Morgan fingerprint density at radius 1 is 1.16 bits per heavy atom. The van der Waals surface area contributed by atoms with Crippen LogP contribution in [0.5, 0.6) is 5.75 Å². The van der Waals surface area contributed by atoms with Crippen molar-refractivity contribution in [3.05, 3.63) is 58.6 Å². The Kier molecular flexibility index (Phi) is 7.44. The molecule has 1 fully saturated rings. The molecule has 1 amide bonds. The zero-order chi connectivity index (χ0) is 26.9. The molecule has 9 nitrogen and oxygen atoms in total. The third-order valence-electron chi connectivity index (χ3n) is 5.93. The van der Waals surface area contributed by atoms with Crippen LogP contribution in [0.4, 0.5) is 18.9 Å². The lowest BCUT2D eigenvalue weighted by molar-refractivity contribution is -0.138. The fourth-order valence-electron chi connectivity index (χ4n) is 4.13. The van der Waals surface area contributed by atoms with Gasteiger partial charge in [0.15, 0.2) is 17.4 Å². The first kappa shape index (κ1) is 26.5. The number of aryl methyl sites for hydroxylation is 1. The van der Waals surface area contributed by atoms with Crippen LogP contribution in [-0.4, -0.2) is 45.9 Å². The number of phenolic OH excluding ortho intramolecular Hbond substituents is 1. The molecule has 1 aliphatic carbocycles. The maximum Gasteiger partial charge on any atom is 0.417 e. The van der Waals surface area contributed by atoms with Crippen molar-refractivity contribution in [2.45, 2.75) is 44.8 Å². The van der Waals surface area contributed by atoms with Crippen LogP contribution in [-0.2, 0) is 17.3 Å². The number of allylic oxidation sites excluding steroid dienone is 1. The number of hydrogen-bond acceptors (Lipinski definition) is 6. The van der Waals surface area contributed by atoms with Crippen LogP contribution in [0.1, 0.15) is 59.2 Å². The molecule has 2 aliphatic rings. The van der Waals surface area contributed by atoms with Gasteiger partial charge in [0.2, 0.25) is 0 Å². The highest BCUT2D eigenvalue weighted by Gasteiger charge is 2.38. The maximum atomic E-state index is 13.6. The summed E-state index contributed by atoms with van der Waals surface area (Å²) in [5.41, 5.74) is -1.20. The topological polar surface area (TPSA) is 120 Å². The molecule has 4 rings (SSSR count). The van der Waals surface area contributed by atoms with Crippen molar-refractivity contribution in [3.63, 3.8) is 0 Å². The Hall–Kier alpha value is -3.61. The van der Waals surface area contributed by atoms with Gasteiger partial charge in [0.05, 0.1) is 16.8 Å². The maximum absolute atomic E-state index is 13.6. The number of alkyl halides is 3. The third-order valence-corrected chi connectivity index (χ3v) is 6.61. The molecule has 1 aromatic heterocycles. The van der Waals surface area contributed by atoms with E-state index >= 15 is 0 Å². The highest BCUT2D eigenvalue weighted by molar-refractivity contribution is 7.83. The quantitative estimate of drug-likeness (QED) is 0.378. The first-order chi connectivity index (χ1) is 17.4. The van der Waals surface area contributed by atoms with Gasteiger partial charge in [-0.1, -0.05) is 11.6 Å². The van der Waals surface area contributed by atoms with E-state index in [2.05, 4.69) is 19.4 Å². The van der Waals surface area contributed by atoms with Crippen LogP contribution < -0.4 is 10.6 Å². The number of amidine groups is 2. The second-order valence-corrected chi connectivity index (χ2v) is 9.75. The van der Waals surface area contributed by atoms with Crippen molar-refractivity contribution in [3.8, 4) is 5.75 Å². The molecule has 13 heteroatoms. The van der Waals surface area contributed by atoms with Gasteiger partial charge in [-0.2, -0.15) is 13.2 Å². The molecule has 2 heterocycles. The largest absolute Gasteiger partial charge is 0.505 e. The smallest absolute Gasteiger partial charge is 0.417 e. The zero-order valence-corrected chi connectivity index (χ0v) is 21.2. The summed E-state index contributed by atoms with van der Waals surface area (Å²) in [6, 6.07) is 4.79. The Morgan fingerprint density at radius 3 is 2.43 bits per heavy atom. The number of aromatic hydroxyl groups is 1. The standard InChI is InChI=1S/C24H26F3N5O4S/c1-13-8-11-18(36-13)17(12-14-6-4-5-7-14)29-22-21(30-37(35)31-22)28-16-10-9-15(24(25,26)27)19(20(16)33)23(34)32(2)3/h8-12,17,33H,4-7H2,1-3H3,(H,28,30)(H,29,31). The lowest BCUT2D eigenvalue weighted by Gasteiger charge is -2.20. The molecule has 2 aromatic rings. The number of halogens is 3. The number of nitrogens with one attached hydrogen (secondary N) is 2. The number of nitrogens with zero attached hydrogens (tertiary/aromatic N) is 3. The summed E-state index contributed by atoms with van der Waals surface area (Å²) >= 11 is -2.01. The summed E-state index contributed by atoms with van der Waals surface area (Å²) in [6.45, 7) is 1.81. The Balaban J connectivity index is 1.66. The van der Waals surface area contributed by atoms with E-state index in [0.717, 1.165) is 36.6 Å². The van der Waals surface area contributed by atoms with Crippen LogP contribution in [0.2, 0.25) is 0 Å². The average molecular weight is 538 g/mol.